The number of carboxylic acids is 1. The Morgan fingerprint density at radius 3 is 2.79 bits per heavy atom. The number of carbonyl (C=O) groups excluding carboxylic acids is 1. The fourth-order valence-electron chi connectivity index (χ4n) is 1.68. The molecule has 0 radical (unpaired) electrons. The number of hydrogen-bond acceptors (Lipinski definition) is 4. The van der Waals surface area contributed by atoms with E-state index in [9.17, 15) is 9.59 Å². The smallest absolute Gasteiger partial charge is 0.326 e. The van der Waals surface area contributed by atoms with E-state index in [0.717, 1.165) is 22.4 Å². The van der Waals surface area contributed by atoms with Gasteiger partial charge in [-0.1, -0.05) is 24.0 Å². The summed E-state index contributed by atoms with van der Waals surface area (Å²) >= 11 is 6.20. The second kappa shape index (κ2) is 5.18. The molecule has 1 fully saturated rings. The van der Waals surface area contributed by atoms with Crippen LogP contribution in [0.1, 0.15) is 12.6 Å². The van der Waals surface area contributed by atoms with Gasteiger partial charge in [0, 0.05) is 18.9 Å². The largest absolute Gasteiger partial charge is 0.480 e. The van der Waals surface area contributed by atoms with Crippen molar-refractivity contribution in [3.8, 4) is 0 Å². The van der Waals surface area contributed by atoms with Crippen LogP contribution in [-0.2, 0) is 16.6 Å². The van der Waals surface area contributed by atoms with E-state index in [4.69, 9.17) is 17.3 Å². The van der Waals surface area contributed by atoms with Gasteiger partial charge in [-0.2, -0.15) is 0 Å². The Morgan fingerprint density at radius 1 is 1.58 bits per heavy atom. The van der Waals surface area contributed by atoms with E-state index in [-0.39, 0.29) is 10.2 Å². The summed E-state index contributed by atoms with van der Waals surface area (Å²) in [6.45, 7) is 1.44. The quantitative estimate of drug-likeness (QED) is 0.679. The predicted molar refractivity (Wildman–Crippen MR) is 77.5 cm³/mol. The summed E-state index contributed by atoms with van der Waals surface area (Å²) in [4.78, 5) is 24.7. The van der Waals surface area contributed by atoms with Crippen LogP contribution in [0, 0.1) is 0 Å². The van der Waals surface area contributed by atoms with Gasteiger partial charge in [-0.25, -0.2) is 4.79 Å². The number of thioether (sulfide) groups is 1. The Bertz CT molecular complexity index is 592. The molecule has 7 heteroatoms. The molecule has 1 amide bonds. The van der Waals surface area contributed by atoms with E-state index in [1.54, 1.807) is 6.08 Å². The van der Waals surface area contributed by atoms with Crippen molar-refractivity contribution in [2.45, 2.75) is 13.0 Å². The number of carbonyl (C=O) groups is 2. The summed E-state index contributed by atoms with van der Waals surface area (Å²) in [6.07, 6.45) is 3.58. The van der Waals surface area contributed by atoms with Gasteiger partial charge in [0.15, 0.2) is 0 Å². The van der Waals surface area contributed by atoms with E-state index in [1.807, 2.05) is 29.9 Å². The number of amides is 1. The van der Waals surface area contributed by atoms with Crippen LogP contribution in [0.25, 0.3) is 6.08 Å². The summed E-state index contributed by atoms with van der Waals surface area (Å²) in [5.74, 6) is -1.43. The van der Waals surface area contributed by atoms with Crippen molar-refractivity contribution < 1.29 is 14.7 Å². The van der Waals surface area contributed by atoms with Crippen molar-refractivity contribution in [2.75, 3.05) is 0 Å². The lowest BCUT2D eigenvalue weighted by molar-refractivity contribution is -0.144. The van der Waals surface area contributed by atoms with Crippen molar-refractivity contribution in [1.82, 2.24) is 9.47 Å². The fraction of sp³-hybridized carbons (Fsp3) is 0.250. The number of aromatic nitrogens is 1. The molecule has 0 saturated carbocycles. The van der Waals surface area contributed by atoms with Crippen molar-refractivity contribution in [2.24, 2.45) is 7.05 Å². The standard InChI is InChI=1S/C12H12N2O3S2/c1-7(11(16)17)14-10(15)9(19-12(14)18)6-8-4-3-5-13(8)2/h3-7H,1-2H3,(H,16,17)/b9-6+/t7-/m0/s1. The van der Waals surface area contributed by atoms with Crippen LogP contribution in [0.4, 0.5) is 0 Å². The minimum atomic E-state index is -1.07. The number of hydrogen-bond donors (Lipinski definition) is 1. The summed E-state index contributed by atoms with van der Waals surface area (Å²) in [5.41, 5.74) is 0.864. The Kier molecular flexibility index (Phi) is 3.77. The van der Waals surface area contributed by atoms with Crippen LogP contribution in [0.15, 0.2) is 23.2 Å². The van der Waals surface area contributed by atoms with E-state index in [0.29, 0.717) is 4.91 Å². The lowest BCUT2D eigenvalue weighted by Gasteiger charge is -2.18. The molecule has 1 saturated heterocycles. The van der Waals surface area contributed by atoms with E-state index in [1.165, 1.54) is 6.92 Å². The zero-order chi connectivity index (χ0) is 14.2. The van der Waals surface area contributed by atoms with Gasteiger partial charge in [0.1, 0.15) is 10.4 Å². The number of carboxylic acid groups (broad SMARTS) is 1. The Balaban J connectivity index is 2.31. The molecule has 0 unspecified atom stereocenters. The third kappa shape index (κ3) is 2.57. The highest BCUT2D eigenvalue weighted by molar-refractivity contribution is 8.26. The molecule has 1 aromatic rings. The summed E-state index contributed by atoms with van der Waals surface area (Å²) < 4.78 is 2.15. The van der Waals surface area contributed by atoms with Crippen LogP contribution in [0.3, 0.4) is 0 Å². The highest BCUT2D eigenvalue weighted by Gasteiger charge is 2.38. The van der Waals surface area contributed by atoms with Gasteiger partial charge < -0.3 is 9.67 Å². The average Bonchev–Trinajstić information content (AvgIpc) is 2.85. The molecule has 0 aromatic carbocycles. The number of thiocarbonyl (C=S) groups is 1. The average molecular weight is 296 g/mol. The number of nitrogens with zero attached hydrogens (tertiary/aromatic N) is 2. The summed E-state index contributed by atoms with van der Waals surface area (Å²) in [6, 6.07) is 2.78. The molecule has 5 nitrogen and oxygen atoms in total. The lowest BCUT2D eigenvalue weighted by Crippen LogP contribution is -2.41. The number of aliphatic carboxylic acids is 1. The van der Waals surface area contributed by atoms with E-state index in [2.05, 4.69) is 0 Å². The van der Waals surface area contributed by atoms with Crippen LogP contribution >= 0.6 is 24.0 Å². The molecule has 1 N–H and O–H groups in total. The number of rotatable bonds is 3. The molecule has 100 valence electrons. The van der Waals surface area contributed by atoms with Crippen LogP contribution in [0.2, 0.25) is 0 Å². The van der Waals surface area contributed by atoms with Gasteiger partial charge in [-0.3, -0.25) is 9.69 Å². The lowest BCUT2D eigenvalue weighted by atomic mass is 10.3. The predicted octanol–water partition coefficient (Wildman–Crippen LogP) is 1.70. The second-order valence-electron chi connectivity index (χ2n) is 4.11. The molecule has 2 heterocycles. The molecular formula is C12H12N2O3S2. The molecule has 1 aromatic heterocycles. The molecule has 2 rings (SSSR count). The second-order valence-corrected chi connectivity index (χ2v) is 5.79. The zero-order valence-corrected chi connectivity index (χ0v) is 12.0. The number of aryl methyl sites for hydroxylation is 1. The Labute approximate surface area is 119 Å². The summed E-state index contributed by atoms with van der Waals surface area (Å²) in [5, 5.41) is 8.98. The van der Waals surface area contributed by atoms with Gasteiger partial charge in [0.05, 0.1) is 4.91 Å². The molecule has 0 spiro atoms. The van der Waals surface area contributed by atoms with Gasteiger partial charge in [0.2, 0.25) is 0 Å². The van der Waals surface area contributed by atoms with Gasteiger partial charge in [0.25, 0.3) is 5.91 Å². The summed E-state index contributed by atoms with van der Waals surface area (Å²) in [7, 11) is 1.87. The van der Waals surface area contributed by atoms with Gasteiger partial charge in [-0.05, 0) is 25.1 Å². The minimum absolute atomic E-state index is 0.278. The van der Waals surface area contributed by atoms with Crippen molar-refractivity contribution in [1.29, 1.82) is 0 Å². The van der Waals surface area contributed by atoms with Crippen LogP contribution < -0.4 is 0 Å². The molecule has 0 aliphatic carbocycles. The molecule has 1 atom stereocenters. The van der Waals surface area contributed by atoms with Gasteiger partial charge >= 0.3 is 5.97 Å². The Morgan fingerprint density at radius 2 is 2.26 bits per heavy atom. The highest BCUT2D eigenvalue weighted by Crippen LogP contribution is 2.33. The Hall–Kier alpha value is -1.60. The maximum Gasteiger partial charge on any atom is 0.326 e. The first-order valence-electron chi connectivity index (χ1n) is 5.53. The first-order valence-corrected chi connectivity index (χ1v) is 6.75. The topological polar surface area (TPSA) is 62.5 Å². The third-order valence-electron chi connectivity index (χ3n) is 2.83. The van der Waals surface area contributed by atoms with Crippen molar-refractivity contribution in [3.63, 3.8) is 0 Å². The van der Waals surface area contributed by atoms with Crippen LogP contribution in [0.5, 0.6) is 0 Å². The SMILES string of the molecule is C[C@@H](C(=O)O)N1C(=O)/C(=C\c2cccn2C)SC1=S. The highest BCUT2D eigenvalue weighted by atomic mass is 32.2. The monoisotopic (exact) mass is 296 g/mol. The zero-order valence-electron chi connectivity index (χ0n) is 10.4. The van der Waals surface area contributed by atoms with Crippen LogP contribution in [-0.4, -0.2) is 36.8 Å². The van der Waals surface area contributed by atoms with E-state index >= 15 is 0 Å². The first kappa shape index (κ1) is 13.8. The first-order chi connectivity index (χ1) is 8.91. The molecule has 1 aliphatic rings. The van der Waals surface area contributed by atoms with Gasteiger partial charge in [-0.15, -0.1) is 0 Å². The normalized spacial score (nSPS) is 19.3. The fourth-order valence-corrected chi connectivity index (χ4v) is 3.09. The molecule has 1 aliphatic heterocycles. The third-order valence-corrected chi connectivity index (χ3v) is 4.16. The maximum atomic E-state index is 12.2. The minimum Gasteiger partial charge on any atom is -0.480 e. The molecular weight excluding hydrogens is 284 g/mol. The molecule has 19 heavy (non-hydrogen) atoms. The van der Waals surface area contributed by atoms with Crippen molar-refractivity contribution >= 4 is 46.3 Å². The van der Waals surface area contributed by atoms with E-state index < -0.39 is 12.0 Å². The van der Waals surface area contributed by atoms with Crippen molar-refractivity contribution in [3.05, 3.63) is 28.9 Å². The molecule has 0 bridgehead atoms. The maximum absolute atomic E-state index is 12.2.